The highest BCUT2D eigenvalue weighted by Crippen LogP contribution is 2.12. The number of nitrogens with zero attached hydrogens (tertiary/aromatic N) is 1. The zero-order valence-electron chi connectivity index (χ0n) is 15.0. The van der Waals surface area contributed by atoms with Crippen molar-refractivity contribution in [2.24, 2.45) is 0 Å². The fourth-order valence-corrected chi connectivity index (χ4v) is 2.26. The van der Waals surface area contributed by atoms with Gasteiger partial charge in [0.15, 0.2) is 0 Å². The molecule has 132 valence electrons. The smallest absolute Gasteiger partial charge is 0.244 e. The molecule has 0 aliphatic heterocycles. The van der Waals surface area contributed by atoms with Gasteiger partial charge in [0.05, 0.1) is 7.11 Å². The van der Waals surface area contributed by atoms with Crippen LogP contribution >= 0.6 is 0 Å². The summed E-state index contributed by atoms with van der Waals surface area (Å²) in [6.45, 7) is 7.14. The summed E-state index contributed by atoms with van der Waals surface area (Å²) in [6.07, 6.45) is 5.15. The van der Waals surface area contributed by atoms with Gasteiger partial charge in [-0.3, -0.25) is 9.59 Å². The quantitative estimate of drug-likeness (QED) is 0.708. The lowest BCUT2D eigenvalue weighted by Crippen LogP contribution is -2.46. The molecule has 1 atom stereocenters. The van der Waals surface area contributed by atoms with E-state index in [4.69, 9.17) is 4.74 Å². The SMILES string of the molecule is CCCCN(CC)C(=O)[C@H](C)NC(=O)/C=C\c1ccc(OC)cc1. The van der Waals surface area contributed by atoms with Crippen LogP contribution in [0.5, 0.6) is 5.75 Å². The van der Waals surface area contributed by atoms with E-state index < -0.39 is 6.04 Å². The van der Waals surface area contributed by atoms with Gasteiger partial charge >= 0.3 is 0 Å². The molecule has 2 amide bonds. The number of likely N-dealkylation sites (N-methyl/N-ethyl adjacent to an activating group) is 1. The number of hydrogen-bond acceptors (Lipinski definition) is 3. The molecule has 0 aliphatic rings. The van der Waals surface area contributed by atoms with E-state index in [1.807, 2.05) is 31.2 Å². The van der Waals surface area contributed by atoms with Gasteiger partial charge in [0.25, 0.3) is 0 Å². The predicted molar refractivity (Wildman–Crippen MR) is 96.8 cm³/mol. The Morgan fingerprint density at radius 1 is 1.25 bits per heavy atom. The molecule has 5 nitrogen and oxygen atoms in total. The van der Waals surface area contributed by atoms with Crippen LogP contribution in [0.3, 0.4) is 0 Å². The van der Waals surface area contributed by atoms with Gasteiger partial charge in [-0.25, -0.2) is 0 Å². The molecule has 1 aromatic carbocycles. The van der Waals surface area contributed by atoms with E-state index in [-0.39, 0.29) is 11.8 Å². The molecule has 0 heterocycles. The molecule has 0 bridgehead atoms. The van der Waals surface area contributed by atoms with Crippen LogP contribution in [0.15, 0.2) is 30.3 Å². The van der Waals surface area contributed by atoms with Gasteiger partial charge in [0, 0.05) is 19.2 Å². The maximum absolute atomic E-state index is 12.3. The van der Waals surface area contributed by atoms with Gasteiger partial charge < -0.3 is 15.0 Å². The fourth-order valence-electron chi connectivity index (χ4n) is 2.26. The molecule has 1 aromatic rings. The molecule has 0 saturated carbocycles. The summed E-state index contributed by atoms with van der Waals surface area (Å²) < 4.78 is 5.09. The molecule has 24 heavy (non-hydrogen) atoms. The van der Waals surface area contributed by atoms with E-state index >= 15 is 0 Å². The zero-order chi connectivity index (χ0) is 17.9. The Hall–Kier alpha value is -2.30. The van der Waals surface area contributed by atoms with Crippen LogP contribution < -0.4 is 10.1 Å². The molecule has 0 fully saturated rings. The van der Waals surface area contributed by atoms with Crippen LogP contribution in [-0.2, 0) is 9.59 Å². The molecule has 0 aliphatic carbocycles. The second-order valence-corrected chi connectivity index (χ2v) is 5.61. The highest BCUT2D eigenvalue weighted by Gasteiger charge is 2.19. The van der Waals surface area contributed by atoms with E-state index in [1.54, 1.807) is 25.0 Å². The first kappa shape index (κ1) is 19.7. The van der Waals surface area contributed by atoms with E-state index in [2.05, 4.69) is 12.2 Å². The number of ether oxygens (including phenoxy) is 1. The first-order chi connectivity index (χ1) is 11.5. The lowest BCUT2D eigenvalue weighted by molar-refractivity contribution is -0.135. The highest BCUT2D eigenvalue weighted by molar-refractivity contribution is 5.95. The summed E-state index contributed by atoms with van der Waals surface area (Å²) in [4.78, 5) is 26.1. The third-order valence-electron chi connectivity index (χ3n) is 3.75. The average Bonchev–Trinajstić information content (AvgIpc) is 2.60. The third-order valence-corrected chi connectivity index (χ3v) is 3.75. The summed E-state index contributed by atoms with van der Waals surface area (Å²) in [5.74, 6) is 0.443. The largest absolute Gasteiger partial charge is 0.497 e. The minimum absolute atomic E-state index is 0.0443. The molecule has 0 aromatic heterocycles. The van der Waals surface area contributed by atoms with E-state index in [1.165, 1.54) is 6.08 Å². The molecule has 1 N–H and O–H groups in total. The van der Waals surface area contributed by atoms with Crippen molar-refractivity contribution in [3.05, 3.63) is 35.9 Å². The summed E-state index contributed by atoms with van der Waals surface area (Å²) in [5.41, 5.74) is 0.892. The lowest BCUT2D eigenvalue weighted by Gasteiger charge is -2.24. The van der Waals surface area contributed by atoms with Crippen LogP contribution in [0.1, 0.15) is 39.2 Å². The standard InChI is InChI=1S/C19H28N2O3/c1-5-7-14-21(6-2)19(23)15(3)20-18(22)13-10-16-8-11-17(24-4)12-9-16/h8-13,15H,5-7,14H2,1-4H3,(H,20,22)/b13-10-/t15-/m0/s1. The molecule has 1 rings (SSSR count). The second-order valence-electron chi connectivity index (χ2n) is 5.61. The number of nitrogens with one attached hydrogen (secondary N) is 1. The van der Waals surface area contributed by atoms with Gasteiger partial charge in [0.1, 0.15) is 11.8 Å². The number of carbonyl (C=O) groups excluding carboxylic acids is 2. The van der Waals surface area contributed by atoms with Gasteiger partial charge in [-0.05, 0) is 44.0 Å². The zero-order valence-corrected chi connectivity index (χ0v) is 15.0. The maximum Gasteiger partial charge on any atom is 0.244 e. The van der Waals surface area contributed by atoms with Gasteiger partial charge in [-0.2, -0.15) is 0 Å². The number of methoxy groups -OCH3 is 1. The number of amides is 2. The van der Waals surface area contributed by atoms with Gasteiger partial charge in [0.2, 0.25) is 11.8 Å². The number of benzene rings is 1. The summed E-state index contributed by atoms with van der Waals surface area (Å²) in [5, 5.41) is 2.72. The monoisotopic (exact) mass is 332 g/mol. The number of unbranched alkanes of at least 4 members (excludes halogenated alkanes) is 1. The molecular weight excluding hydrogens is 304 g/mol. The van der Waals surface area contributed by atoms with E-state index in [9.17, 15) is 9.59 Å². The van der Waals surface area contributed by atoms with Crippen molar-refractivity contribution in [2.75, 3.05) is 20.2 Å². The Morgan fingerprint density at radius 3 is 2.46 bits per heavy atom. The summed E-state index contributed by atoms with van der Waals surface area (Å²) >= 11 is 0. The summed E-state index contributed by atoms with van der Waals surface area (Å²) in [7, 11) is 1.61. The normalized spacial score (nSPS) is 12.0. The minimum Gasteiger partial charge on any atom is -0.497 e. The molecule has 5 heteroatoms. The van der Waals surface area contributed by atoms with Crippen molar-refractivity contribution in [2.45, 2.75) is 39.7 Å². The van der Waals surface area contributed by atoms with Crippen LogP contribution in [0, 0.1) is 0 Å². The van der Waals surface area contributed by atoms with Crippen molar-refractivity contribution in [1.29, 1.82) is 0 Å². The van der Waals surface area contributed by atoms with Gasteiger partial charge in [-0.1, -0.05) is 25.5 Å². The number of rotatable bonds is 9. The van der Waals surface area contributed by atoms with Crippen LogP contribution in [0.4, 0.5) is 0 Å². The first-order valence-corrected chi connectivity index (χ1v) is 8.43. The minimum atomic E-state index is -0.533. The summed E-state index contributed by atoms with van der Waals surface area (Å²) in [6, 6.07) is 6.85. The van der Waals surface area contributed by atoms with Crippen molar-refractivity contribution >= 4 is 17.9 Å². The average molecular weight is 332 g/mol. The molecule has 0 spiro atoms. The van der Waals surface area contributed by atoms with Crippen LogP contribution in [0.25, 0.3) is 6.08 Å². The van der Waals surface area contributed by atoms with Crippen LogP contribution in [-0.4, -0.2) is 43.0 Å². The predicted octanol–water partition coefficient (Wildman–Crippen LogP) is 2.86. The lowest BCUT2D eigenvalue weighted by atomic mass is 10.2. The Bertz CT molecular complexity index is 552. The highest BCUT2D eigenvalue weighted by atomic mass is 16.5. The Labute approximate surface area is 144 Å². The topological polar surface area (TPSA) is 58.6 Å². The Kier molecular flexibility index (Phi) is 8.61. The molecular formula is C19H28N2O3. The fraction of sp³-hybridized carbons (Fsp3) is 0.474. The van der Waals surface area contributed by atoms with E-state index in [0.29, 0.717) is 6.54 Å². The van der Waals surface area contributed by atoms with Crippen molar-refractivity contribution < 1.29 is 14.3 Å². The Morgan fingerprint density at radius 2 is 1.92 bits per heavy atom. The molecule has 0 saturated heterocycles. The molecule has 0 unspecified atom stereocenters. The third kappa shape index (κ3) is 6.44. The van der Waals surface area contributed by atoms with Crippen molar-refractivity contribution in [3.63, 3.8) is 0 Å². The Balaban J connectivity index is 2.55. The van der Waals surface area contributed by atoms with E-state index in [0.717, 1.165) is 30.7 Å². The van der Waals surface area contributed by atoms with Crippen molar-refractivity contribution in [1.82, 2.24) is 10.2 Å². The first-order valence-electron chi connectivity index (χ1n) is 8.43. The van der Waals surface area contributed by atoms with Crippen LogP contribution in [0.2, 0.25) is 0 Å². The maximum atomic E-state index is 12.3. The molecule has 0 radical (unpaired) electrons. The number of carbonyl (C=O) groups is 2. The van der Waals surface area contributed by atoms with Crippen molar-refractivity contribution in [3.8, 4) is 5.75 Å². The van der Waals surface area contributed by atoms with Gasteiger partial charge in [-0.15, -0.1) is 0 Å². The number of hydrogen-bond donors (Lipinski definition) is 1. The second kappa shape index (κ2) is 10.5.